The van der Waals surface area contributed by atoms with Crippen LogP contribution >= 0.6 is 11.6 Å². The first-order valence-corrected chi connectivity index (χ1v) is 7.08. The Morgan fingerprint density at radius 3 is 2.40 bits per heavy atom. The minimum absolute atomic E-state index is 0.216. The van der Waals surface area contributed by atoms with E-state index in [1.807, 2.05) is 12.1 Å². The molecule has 0 amide bonds. The molecule has 0 saturated heterocycles. The van der Waals surface area contributed by atoms with Crippen molar-refractivity contribution in [2.75, 3.05) is 23.9 Å². The molecule has 0 aliphatic rings. The van der Waals surface area contributed by atoms with Gasteiger partial charge in [-0.05, 0) is 30.7 Å². The zero-order valence-electron chi connectivity index (χ0n) is 8.53. The van der Waals surface area contributed by atoms with Gasteiger partial charge in [-0.1, -0.05) is 11.6 Å². The fourth-order valence-electron chi connectivity index (χ4n) is 1.13. The van der Waals surface area contributed by atoms with Crippen LogP contribution in [0.3, 0.4) is 0 Å². The van der Waals surface area contributed by atoms with Crippen LogP contribution in [0.4, 0.5) is 5.69 Å². The van der Waals surface area contributed by atoms with E-state index in [9.17, 15) is 8.42 Å². The molecular formula is C10H14ClNO2S. The van der Waals surface area contributed by atoms with Crippen molar-refractivity contribution in [2.45, 2.75) is 6.42 Å². The minimum atomic E-state index is -2.85. The van der Waals surface area contributed by atoms with Crippen molar-refractivity contribution >= 4 is 27.1 Å². The van der Waals surface area contributed by atoms with Gasteiger partial charge < -0.3 is 5.32 Å². The number of halogens is 1. The maximum atomic E-state index is 10.8. The molecule has 5 heteroatoms. The second-order valence-corrected chi connectivity index (χ2v) is 6.11. The van der Waals surface area contributed by atoms with Crippen LogP contribution in [-0.4, -0.2) is 27.0 Å². The van der Waals surface area contributed by atoms with Gasteiger partial charge in [0, 0.05) is 23.5 Å². The molecule has 0 radical (unpaired) electrons. The molecule has 0 atom stereocenters. The number of hydrogen-bond acceptors (Lipinski definition) is 3. The molecule has 1 aromatic rings. The van der Waals surface area contributed by atoms with Gasteiger partial charge in [0.05, 0.1) is 5.75 Å². The summed E-state index contributed by atoms with van der Waals surface area (Å²) >= 11 is 5.73. The first kappa shape index (κ1) is 12.3. The Morgan fingerprint density at radius 1 is 1.27 bits per heavy atom. The predicted molar refractivity (Wildman–Crippen MR) is 64.3 cm³/mol. The van der Waals surface area contributed by atoms with E-state index >= 15 is 0 Å². The molecule has 0 saturated carbocycles. The van der Waals surface area contributed by atoms with Crippen molar-refractivity contribution in [3.05, 3.63) is 29.3 Å². The lowest BCUT2D eigenvalue weighted by atomic mass is 10.3. The maximum absolute atomic E-state index is 10.8. The van der Waals surface area contributed by atoms with Crippen LogP contribution in [0, 0.1) is 0 Å². The molecule has 0 unspecified atom stereocenters. The number of hydrogen-bond donors (Lipinski definition) is 1. The zero-order chi connectivity index (χ0) is 11.3. The molecule has 1 rings (SSSR count). The summed E-state index contributed by atoms with van der Waals surface area (Å²) in [6.07, 6.45) is 1.86. The molecule has 0 bridgehead atoms. The van der Waals surface area contributed by atoms with Gasteiger partial charge in [-0.25, -0.2) is 8.42 Å². The monoisotopic (exact) mass is 247 g/mol. The third kappa shape index (κ3) is 5.64. The second kappa shape index (κ2) is 5.37. The summed E-state index contributed by atoms with van der Waals surface area (Å²) in [5.74, 6) is 0.216. The average molecular weight is 248 g/mol. The van der Waals surface area contributed by atoms with Crippen LogP contribution in [0.5, 0.6) is 0 Å². The Labute approximate surface area is 95.4 Å². The molecule has 0 aliphatic carbocycles. The topological polar surface area (TPSA) is 46.2 Å². The second-order valence-electron chi connectivity index (χ2n) is 3.42. The summed E-state index contributed by atoms with van der Waals surface area (Å²) in [6, 6.07) is 7.31. The number of benzene rings is 1. The number of anilines is 1. The highest BCUT2D eigenvalue weighted by Gasteiger charge is 2.00. The van der Waals surface area contributed by atoms with Crippen molar-refractivity contribution < 1.29 is 8.42 Å². The third-order valence-corrected chi connectivity index (χ3v) is 3.15. The molecule has 0 fully saturated rings. The maximum Gasteiger partial charge on any atom is 0.147 e. The van der Waals surface area contributed by atoms with Gasteiger partial charge in [0.25, 0.3) is 0 Å². The van der Waals surface area contributed by atoms with Crippen LogP contribution in [0.1, 0.15) is 6.42 Å². The molecular weight excluding hydrogens is 234 g/mol. The SMILES string of the molecule is CS(=O)(=O)CCCNc1ccc(Cl)cc1. The van der Waals surface area contributed by atoms with E-state index in [-0.39, 0.29) is 5.75 Å². The first-order chi connectivity index (χ1) is 6.97. The molecule has 15 heavy (non-hydrogen) atoms. The first-order valence-electron chi connectivity index (χ1n) is 4.64. The van der Waals surface area contributed by atoms with Crippen molar-refractivity contribution in [1.29, 1.82) is 0 Å². The van der Waals surface area contributed by atoms with E-state index in [4.69, 9.17) is 11.6 Å². The van der Waals surface area contributed by atoms with Crippen LogP contribution < -0.4 is 5.32 Å². The lowest BCUT2D eigenvalue weighted by Crippen LogP contribution is -2.09. The zero-order valence-corrected chi connectivity index (χ0v) is 10.1. The highest BCUT2D eigenvalue weighted by molar-refractivity contribution is 7.90. The summed E-state index contributed by atoms with van der Waals surface area (Å²) in [7, 11) is -2.85. The third-order valence-electron chi connectivity index (χ3n) is 1.87. The van der Waals surface area contributed by atoms with E-state index < -0.39 is 9.84 Å². The van der Waals surface area contributed by atoms with Gasteiger partial charge >= 0.3 is 0 Å². The summed E-state index contributed by atoms with van der Waals surface area (Å²) in [6.45, 7) is 0.648. The number of rotatable bonds is 5. The standard InChI is InChI=1S/C10H14ClNO2S/c1-15(13,14)8-2-7-12-10-5-3-9(11)4-6-10/h3-6,12H,2,7-8H2,1H3. The van der Waals surface area contributed by atoms with Gasteiger partial charge in [0.2, 0.25) is 0 Å². The molecule has 0 heterocycles. The van der Waals surface area contributed by atoms with Gasteiger partial charge in [-0.15, -0.1) is 0 Å². The van der Waals surface area contributed by atoms with Crippen molar-refractivity contribution in [1.82, 2.24) is 0 Å². The minimum Gasteiger partial charge on any atom is -0.385 e. The highest BCUT2D eigenvalue weighted by atomic mass is 35.5. The molecule has 0 aliphatic heterocycles. The van der Waals surface area contributed by atoms with Gasteiger partial charge in [-0.2, -0.15) is 0 Å². The fourth-order valence-corrected chi connectivity index (χ4v) is 1.93. The van der Waals surface area contributed by atoms with E-state index in [0.717, 1.165) is 5.69 Å². The molecule has 0 aromatic heterocycles. The lowest BCUT2D eigenvalue weighted by Gasteiger charge is -2.05. The van der Waals surface area contributed by atoms with E-state index in [2.05, 4.69) is 5.32 Å². The summed E-state index contributed by atoms with van der Waals surface area (Å²) in [5.41, 5.74) is 0.952. The normalized spacial score (nSPS) is 11.3. The summed E-state index contributed by atoms with van der Waals surface area (Å²) in [4.78, 5) is 0. The fraction of sp³-hybridized carbons (Fsp3) is 0.400. The Morgan fingerprint density at radius 2 is 1.87 bits per heavy atom. The average Bonchev–Trinajstić information content (AvgIpc) is 2.14. The number of sulfone groups is 1. The van der Waals surface area contributed by atoms with E-state index in [0.29, 0.717) is 18.0 Å². The van der Waals surface area contributed by atoms with Crippen LogP contribution in [0.15, 0.2) is 24.3 Å². The molecule has 3 nitrogen and oxygen atoms in total. The predicted octanol–water partition coefficient (Wildman–Crippen LogP) is 2.19. The summed E-state index contributed by atoms with van der Waals surface area (Å²) < 4.78 is 21.7. The highest BCUT2D eigenvalue weighted by Crippen LogP contribution is 2.13. The molecule has 1 N–H and O–H groups in total. The van der Waals surface area contributed by atoms with E-state index in [1.165, 1.54) is 6.26 Å². The Balaban J connectivity index is 2.29. The summed E-state index contributed by atoms with van der Waals surface area (Å²) in [5, 5.41) is 3.81. The van der Waals surface area contributed by atoms with Crippen LogP contribution in [-0.2, 0) is 9.84 Å². The lowest BCUT2D eigenvalue weighted by molar-refractivity contribution is 0.600. The van der Waals surface area contributed by atoms with Gasteiger partial charge in [0.15, 0.2) is 0 Å². The molecule has 1 aromatic carbocycles. The van der Waals surface area contributed by atoms with Crippen LogP contribution in [0.2, 0.25) is 5.02 Å². The smallest absolute Gasteiger partial charge is 0.147 e. The quantitative estimate of drug-likeness (QED) is 0.812. The van der Waals surface area contributed by atoms with Crippen molar-refractivity contribution in [2.24, 2.45) is 0 Å². The van der Waals surface area contributed by atoms with Crippen molar-refractivity contribution in [3.8, 4) is 0 Å². The molecule has 84 valence electrons. The van der Waals surface area contributed by atoms with Crippen molar-refractivity contribution in [3.63, 3.8) is 0 Å². The Bertz CT molecular complexity index is 400. The Kier molecular flexibility index (Phi) is 4.42. The van der Waals surface area contributed by atoms with E-state index in [1.54, 1.807) is 12.1 Å². The van der Waals surface area contributed by atoms with Gasteiger partial charge in [0.1, 0.15) is 9.84 Å². The molecule has 0 spiro atoms. The largest absolute Gasteiger partial charge is 0.385 e. The number of nitrogens with one attached hydrogen (secondary N) is 1. The van der Waals surface area contributed by atoms with Crippen LogP contribution in [0.25, 0.3) is 0 Å². The Hall–Kier alpha value is -0.740. The van der Waals surface area contributed by atoms with Gasteiger partial charge in [-0.3, -0.25) is 0 Å².